The molecule has 0 saturated heterocycles. The number of hydrogen-bond donors (Lipinski definition) is 2. The van der Waals surface area contributed by atoms with Crippen LogP contribution in [0.1, 0.15) is 19.4 Å². The summed E-state index contributed by atoms with van der Waals surface area (Å²) in [5.41, 5.74) is 0.698. The average Bonchev–Trinajstić information content (AvgIpc) is 2.17. The minimum Gasteiger partial charge on any atom is -0.289 e. The van der Waals surface area contributed by atoms with Gasteiger partial charge in [0.05, 0.1) is 5.41 Å². The first-order chi connectivity index (χ1) is 6.50. The maximum atomic E-state index is 13.3. The number of hydroxylamine groups is 1. The van der Waals surface area contributed by atoms with E-state index in [-0.39, 0.29) is 18.0 Å². The Morgan fingerprint density at radius 2 is 1.93 bits per heavy atom. The summed E-state index contributed by atoms with van der Waals surface area (Å²) in [5, 5.41) is 8.50. The third-order valence-electron chi connectivity index (χ3n) is 2.22. The Morgan fingerprint density at radius 1 is 1.40 bits per heavy atom. The van der Waals surface area contributed by atoms with Crippen LogP contribution in [0, 0.1) is 5.82 Å². The molecule has 0 spiro atoms. The van der Waals surface area contributed by atoms with Crippen LogP contribution >= 0.6 is 12.4 Å². The van der Waals surface area contributed by atoms with Crippen molar-refractivity contribution < 1.29 is 14.4 Å². The summed E-state index contributed by atoms with van der Waals surface area (Å²) in [4.78, 5) is 11.3. The molecule has 0 fully saturated rings. The van der Waals surface area contributed by atoms with Crippen LogP contribution in [0.15, 0.2) is 24.3 Å². The zero-order chi connectivity index (χ0) is 10.8. The number of halogens is 2. The zero-order valence-corrected chi connectivity index (χ0v) is 9.27. The molecule has 1 amide bonds. The van der Waals surface area contributed by atoms with Crippen molar-refractivity contribution in [2.75, 3.05) is 0 Å². The van der Waals surface area contributed by atoms with Crippen LogP contribution in [0.25, 0.3) is 0 Å². The van der Waals surface area contributed by atoms with Crippen LogP contribution < -0.4 is 5.48 Å². The van der Waals surface area contributed by atoms with Crippen LogP contribution in [-0.4, -0.2) is 11.1 Å². The molecule has 1 rings (SSSR count). The zero-order valence-electron chi connectivity index (χ0n) is 8.45. The van der Waals surface area contributed by atoms with Gasteiger partial charge in [-0.15, -0.1) is 12.4 Å². The van der Waals surface area contributed by atoms with Gasteiger partial charge in [0.25, 0.3) is 5.91 Å². The van der Waals surface area contributed by atoms with Crippen LogP contribution in [0.5, 0.6) is 0 Å². The Hall–Kier alpha value is -1.13. The van der Waals surface area contributed by atoms with Gasteiger partial charge in [0, 0.05) is 5.56 Å². The molecule has 0 atom stereocenters. The molecule has 0 aliphatic carbocycles. The van der Waals surface area contributed by atoms with E-state index in [4.69, 9.17) is 5.21 Å². The molecule has 0 saturated carbocycles. The third kappa shape index (κ3) is 2.67. The third-order valence-corrected chi connectivity index (χ3v) is 2.22. The summed E-state index contributed by atoms with van der Waals surface area (Å²) < 4.78 is 13.3. The van der Waals surface area contributed by atoms with Crippen molar-refractivity contribution in [3.8, 4) is 0 Å². The second kappa shape index (κ2) is 5.09. The van der Waals surface area contributed by atoms with Crippen molar-refractivity contribution in [2.24, 2.45) is 0 Å². The van der Waals surface area contributed by atoms with Gasteiger partial charge in [-0.25, -0.2) is 9.87 Å². The Bertz CT molecular complexity index is 355. The van der Waals surface area contributed by atoms with E-state index in [1.54, 1.807) is 12.1 Å². The summed E-state index contributed by atoms with van der Waals surface area (Å²) in [6, 6.07) is 5.99. The number of amides is 1. The van der Waals surface area contributed by atoms with Crippen molar-refractivity contribution in [1.29, 1.82) is 0 Å². The van der Waals surface area contributed by atoms with Gasteiger partial charge in [-0.05, 0) is 19.9 Å². The van der Waals surface area contributed by atoms with Crippen LogP contribution in [0.4, 0.5) is 4.39 Å². The van der Waals surface area contributed by atoms with Crippen molar-refractivity contribution >= 4 is 18.3 Å². The summed E-state index contributed by atoms with van der Waals surface area (Å²) in [6.45, 7) is 3.08. The van der Waals surface area contributed by atoms with E-state index in [1.165, 1.54) is 31.5 Å². The highest BCUT2D eigenvalue weighted by Gasteiger charge is 2.31. The van der Waals surface area contributed by atoms with Gasteiger partial charge < -0.3 is 0 Å². The Kier molecular flexibility index (Phi) is 4.71. The van der Waals surface area contributed by atoms with E-state index < -0.39 is 17.1 Å². The van der Waals surface area contributed by atoms with E-state index in [0.717, 1.165) is 0 Å². The molecule has 1 aromatic rings. The summed E-state index contributed by atoms with van der Waals surface area (Å²) in [5.74, 6) is -1.09. The van der Waals surface area contributed by atoms with E-state index in [1.807, 2.05) is 0 Å². The Morgan fingerprint density at radius 3 is 2.40 bits per heavy atom. The number of benzene rings is 1. The van der Waals surface area contributed by atoms with Crippen molar-refractivity contribution in [2.45, 2.75) is 19.3 Å². The fourth-order valence-electron chi connectivity index (χ4n) is 1.23. The van der Waals surface area contributed by atoms with Crippen molar-refractivity contribution in [3.05, 3.63) is 35.6 Å². The molecule has 0 aromatic heterocycles. The second-order valence-corrected chi connectivity index (χ2v) is 3.55. The molecule has 1 aromatic carbocycles. The van der Waals surface area contributed by atoms with Crippen LogP contribution in [0.3, 0.4) is 0 Å². The molecule has 0 unspecified atom stereocenters. The maximum Gasteiger partial charge on any atom is 0.253 e. The molecule has 0 bridgehead atoms. The monoisotopic (exact) mass is 233 g/mol. The Labute approximate surface area is 93.7 Å². The SMILES string of the molecule is CC(C)(C(=O)NO)c1ccccc1F.Cl. The van der Waals surface area contributed by atoms with E-state index in [9.17, 15) is 9.18 Å². The van der Waals surface area contributed by atoms with Crippen molar-refractivity contribution in [3.63, 3.8) is 0 Å². The normalized spacial score (nSPS) is 10.4. The minimum atomic E-state index is -1.08. The molecule has 5 heteroatoms. The quantitative estimate of drug-likeness (QED) is 0.607. The number of carbonyl (C=O) groups excluding carboxylic acids is 1. The van der Waals surface area contributed by atoms with E-state index in [0.29, 0.717) is 0 Å². The predicted molar refractivity (Wildman–Crippen MR) is 56.6 cm³/mol. The molecule has 84 valence electrons. The maximum absolute atomic E-state index is 13.3. The second-order valence-electron chi connectivity index (χ2n) is 3.55. The molecule has 0 aliphatic rings. The first-order valence-electron chi connectivity index (χ1n) is 4.19. The van der Waals surface area contributed by atoms with Gasteiger partial charge in [-0.3, -0.25) is 10.0 Å². The molecule has 2 N–H and O–H groups in total. The lowest BCUT2D eigenvalue weighted by Gasteiger charge is -2.22. The fraction of sp³-hybridized carbons (Fsp3) is 0.300. The van der Waals surface area contributed by atoms with Crippen LogP contribution in [-0.2, 0) is 10.2 Å². The van der Waals surface area contributed by atoms with Gasteiger partial charge in [-0.1, -0.05) is 18.2 Å². The number of carbonyl (C=O) groups is 1. The molecule has 0 heterocycles. The lowest BCUT2D eigenvalue weighted by Crippen LogP contribution is -2.38. The smallest absolute Gasteiger partial charge is 0.253 e. The molecular weight excluding hydrogens is 221 g/mol. The molecule has 0 radical (unpaired) electrons. The first-order valence-corrected chi connectivity index (χ1v) is 4.19. The van der Waals surface area contributed by atoms with Crippen molar-refractivity contribution in [1.82, 2.24) is 5.48 Å². The standard InChI is InChI=1S/C10H12FNO2.ClH/c1-10(2,9(13)12-14)7-5-3-4-6-8(7)11;/h3-6,14H,1-2H3,(H,12,13);1H. The molecule has 0 aliphatic heterocycles. The molecule has 15 heavy (non-hydrogen) atoms. The van der Waals surface area contributed by atoms with Gasteiger partial charge in [-0.2, -0.15) is 0 Å². The minimum absolute atomic E-state index is 0. The Balaban J connectivity index is 0.00000196. The number of hydrogen-bond acceptors (Lipinski definition) is 2. The summed E-state index contributed by atoms with van der Waals surface area (Å²) in [7, 11) is 0. The van der Waals surface area contributed by atoms with Gasteiger partial charge in [0.15, 0.2) is 0 Å². The van der Waals surface area contributed by atoms with E-state index in [2.05, 4.69) is 0 Å². The highest BCUT2D eigenvalue weighted by Crippen LogP contribution is 2.25. The summed E-state index contributed by atoms with van der Waals surface area (Å²) in [6.07, 6.45) is 0. The average molecular weight is 234 g/mol. The van der Waals surface area contributed by atoms with Gasteiger partial charge in [0.2, 0.25) is 0 Å². The topological polar surface area (TPSA) is 49.3 Å². The van der Waals surface area contributed by atoms with E-state index >= 15 is 0 Å². The highest BCUT2D eigenvalue weighted by molar-refractivity contribution is 5.86. The number of rotatable bonds is 2. The van der Waals surface area contributed by atoms with Crippen LogP contribution in [0.2, 0.25) is 0 Å². The highest BCUT2D eigenvalue weighted by atomic mass is 35.5. The fourth-order valence-corrected chi connectivity index (χ4v) is 1.23. The first kappa shape index (κ1) is 13.9. The predicted octanol–water partition coefficient (Wildman–Crippen LogP) is 2.03. The molecular formula is C10H13ClFNO2. The molecule has 3 nitrogen and oxygen atoms in total. The summed E-state index contributed by atoms with van der Waals surface area (Å²) >= 11 is 0. The largest absolute Gasteiger partial charge is 0.289 e. The lowest BCUT2D eigenvalue weighted by atomic mass is 9.83. The van der Waals surface area contributed by atoms with Gasteiger partial charge >= 0.3 is 0 Å². The lowest BCUT2D eigenvalue weighted by molar-refractivity contribution is -0.134. The number of nitrogens with one attached hydrogen (secondary N) is 1. The van der Waals surface area contributed by atoms with Gasteiger partial charge in [0.1, 0.15) is 5.82 Å².